The van der Waals surface area contributed by atoms with E-state index in [1.807, 2.05) is 12.1 Å². The van der Waals surface area contributed by atoms with Gasteiger partial charge in [-0.25, -0.2) is 0 Å². The molecule has 26 heavy (non-hydrogen) atoms. The Balaban J connectivity index is 1.91. The van der Waals surface area contributed by atoms with E-state index < -0.39 is 0 Å². The predicted octanol–water partition coefficient (Wildman–Crippen LogP) is 1.30. The minimum Gasteiger partial charge on any atom is -0.347 e. The van der Waals surface area contributed by atoms with Crippen LogP contribution in [0, 0.1) is 0 Å². The van der Waals surface area contributed by atoms with Crippen LogP contribution in [0.2, 0.25) is 0 Å². The number of benzene rings is 1. The average Bonchev–Trinajstić information content (AvgIpc) is 3.11. The van der Waals surface area contributed by atoms with Gasteiger partial charge in [0.2, 0.25) is 17.0 Å². The van der Waals surface area contributed by atoms with Crippen molar-refractivity contribution in [3.05, 3.63) is 29.8 Å². The molecule has 1 aromatic carbocycles. The Bertz CT molecular complexity index is 729. The van der Waals surface area contributed by atoms with Gasteiger partial charge in [0.15, 0.2) is 0 Å². The molecule has 0 fully saturated rings. The lowest BCUT2D eigenvalue weighted by Crippen LogP contribution is -2.37. The number of rotatable bonds is 9. The Hall–Kier alpha value is -2.42. The fraction of sp³-hybridized carbons (Fsp3) is 0.471. The van der Waals surface area contributed by atoms with Crippen molar-refractivity contribution in [2.75, 3.05) is 26.4 Å². The quantitative estimate of drug-likeness (QED) is 0.663. The average molecular weight is 376 g/mol. The van der Waals surface area contributed by atoms with Crippen molar-refractivity contribution in [3.63, 3.8) is 0 Å². The molecule has 0 unspecified atom stereocenters. The van der Waals surface area contributed by atoms with Crippen LogP contribution in [0.15, 0.2) is 29.4 Å². The third-order valence-electron chi connectivity index (χ3n) is 3.71. The number of likely N-dealkylation sites (N-methyl/N-ethyl adjacent to an activating group) is 1. The number of hydrogen-bond donors (Lipinski definition) is 1. The summed E-state index contributed by atoms with van der Waals surface area (Å²) in [7, 11) is 3.29. The van der Waals surface area contributed by atoms with Gasteiger partial charge < -0.3 is 10.2 Å². The number of tetrazole rings is 1. The zero-order chi connectivity index (χ0) is 18.9. The number of nitrogens with zero attached hydrogens (tertiary/aromatic N) is 5. The van der Waals surface area contributed by atoms with Crippen LogP contribution in [0.1, 0.15) is 25.3 Å². The summed E-state index contributed by atoms with van der Waals surface area (Å²) in [5, 5.41) is 14.8. The zero-order valence-electron chi connectivity index (χ0n) is 15.3. The molecule has 0 radical (unpaired) electrons. The first-order valence-electron chi connectivity index (χ1n) is 8.48. The third kappa shape index (κ3) is 5.83. The molecule has 8 nitrogen and oxygen atoms in total. The van der Waals surface area contributed by atoms with Gasteiger partial charge in [-0.2, -0.15) is 4.68 Å². The lowest BCUT2D eigenvalue weighted by atomic mass is 10.1. The lowest BCUT2D eigenvalue weighted by molar-refractivity contribution is -0.130. The van der Waals surface area contributed by atoms with Crippen LogP contribution >= 0.6 is 11.8 Å². The molecule has 0 aliphatic carbocycles. The van der Waals surface area contributed by atoms with Gasteiger partial charge in [-0.3, -0.25) is 9.59 Å². The first-order chi connectivity index (χ1) is 12.5. The maximum Gasteiger partial charge on any atom is 0.241 e. The van der Waals surface area contributed by atoms with E-state index in [9.17, 15) is 9.59 Å². The van der Waals surface area contributed by atoms with Crippen molar-refractivity contribution in [1.82, 2.24) is 30.4 Å². The maximum atomic E-state index is 11.9. The molecular weight excluding hydrogens is 352 g/mol. The van der Waals surface area contributed by atoms with Crippen molar-refractivity contribution in [2.24, 2.45) is 0 Å². The molecule has 2 aromatic rings. The van der Waals surface area contributed by atoms with Gasteiger partial charge in [-0.15, -0.1) is 5.10 Å². The Labute approximate surface area is 157 Å². The Morgan fingerprint density at radius 2 is 1.96 bits per heavy atom. The summed E-state index contributed by atoms with van der Waals surface area (Å²) in [6.45, 7) is 2.15. The van der Waals surface area contributed by atoms with Crippen LogP contribution in [0.5, 0.6) is 0 Å². The number of unbranched alkanes of at least 4 members (excludes halogenated alkanes) is 1. The van der Waals surface area contributed by atoms with Crippen molar-refractivity contribution >= 4 is 23.6 Å². The van der Waals surface area contributed by atoms with Gasteiger partial charge in [-0.1, -0.05) is 37.2 Å². The van der Waals surface area contributed by atoms with Crippen LogP contribution in [-0.2, 0) is 16.0 Å². The fourth-order valence-electron chi connectivity index (χ4n) is 2.13. The summed E-state index contributed by atoms with van der Waals surface area (Å²) in [6.07, 6.45) is 3.38. The highest BCUT2D eigenvalue weighted by Gasteiger charge is 2.12. The highest BCUT2D eigenvalue weighted by Crippen LogP contribution is 2.18. The van der Waals surface area contributed by atoms with Gasteiger partial charge >= 0.3 is 0 Å². The zero-order valence-corrected chi connectivity index (χ0v) is 16.1. The van der Waals surface area contributed by atoms with E-state index in [-0.39, 0.29) is 24.1 Å². The van der Waals surface area contributed by atoms with Gasteiger partial charge in [-0.05, 0) is 41.0 Å². The molecular formula is C17H24N6O2S. The van der Waals surface area contributed by atoms with Gasteiger partial charge in [0, 0.05) is 14.1 Å². The first-order valence-corrected chi connectivity index (χ1v) is 9.47. The summed E-state index contributed by atoms with van der Waals surface area (Å²) < 4.78 is 1.60. The molecule has 9 heteroatoms. The van der Waals surface area contributed by atoms with E-state index in [0.717, 1.165) is 24.9 Å². The largest absolute Gasteiger partial charge is 0.347 e. The Morgan fingerprint density at radius 1 is 1.23 bits per heavy atom. The van der Waals surface area contributed by atoms with Crippen LogP contribution in [0.3, 0.4) is 0 Å². The molecule has 1 aromatic heterocycles. The molecule has 0 spiro atoms. The molecule has 1 heterocycles. The Morgan fingerprint density at radius 3 is 2.62 bits per heavy atom. The van der Waals surface area contributed by atoms with Crippen LogP contribution in [-0.4, -0.2) is 63.3 Å². The number of thioether (sulfide) groups is 1. The monoisotopic (exact) mass is 376 g/mol. The number of aromatic nitrogens is 4. The number of carbonyl (C=O) groups is 2. The van der Waals surface area contributed by atoms with Crippen LogP contribution < -0.4 is 5.32 Å². The van der Waals surface area contributed by atoms with Crippen molar-refractivity contribution in [1.29, 1.82) is 0 Å². The highest BCUT2D eigenvalue weighted by molar-refractivity contribution is 7.99. The first kappa shape index (κ1) is 19.9. The molecule has 0 saturated heterocycles. The normalized spacial score (nSPS) is 10.6. The topological polar surface area (TPSA) is 93.0 Å². The second-order valence-corrected chi connectivity index (χ2v) is 6.94. The minimum atomic E-state index is -0.241. The van der Waals surface area contributed by atoms with Gasteiger partial charge in [0.1, 0.15) is 0 Å². The third-order valence-corrected chi connectivity index (χ3v) is 4.63. The summed E-state index contributed by atoms with van der Waals surface area (Å²) in [4.78, 5) is 24.8. The van der Waals surface area contributed by atoms with Crippen molar-refractivity contribution < 1.29 is 9.59 Å². The fourth-order valence-corrected chi connectivity index (χ4v) is 2.85. The van der Waals surface area contributed by atoms with E-state index >= 15 is 0 Å². The van der Waals surface area contributed by atoms with Crippen molar-refractivity contribution in [2.45, 2.75) is 31.3 Å². The van der Waals surface area contributed by atoms with E-state index in [1.165, 1.54) is 22.2 Å². The Kier molecular flexibility index (Phi) is 7.58. The van der Waals surface area contributed by atoms with Crippen LogP contribution in [0.25, 0.3) is 5.69 Å². The number of hydrogen-bond acceptors (Lipinski definition) is 6. The van der Waals surface area contributed by atoms with E-state index in [2.05, 4.69) is 39.9 Å². The SMILES string of the molecule is CCCCc1ccc(-n2nnnc2SCC(=O)NCC(=O)N(C)C)cc1. The van der Waals surface area contributed by atoms with Crippen LogP contribution in [0.4, 0.5) is 0 Å². The van der Waals surface area contributed by atoms with Gasteiger partial charge in [0.05, 0.1) is 18.0 Å². The van der Waals surface area contributed by atoms with E-state index in [1.54, 1.807) is 18.8 Å². The standard InChI is InChI=1S/C17H24N6O2S/c1-4-5-6-13-7-9-14(10-8-13)23-17(19-20-21-23)26-12-15(24)18-11-16(25)22(2)3/h7-10H,4-6,11-12H2,1-3H3,(H,18,24). The van der Waals surface area contributed by atoms with Gasteiger partial charge in [0.25, 0.3) is 0 Å². The summed E-state index contributed by atoms with van der Waals surface area (Å²) in [6, 6.07) is 8.09. The molecule has 0 bridgehead atoms. The molecule has 0 saturated carbocycles. The molecule has 0 aliphatic heterocycles. The number of nitrogens with one attached hydrogen (secondary N) is 1. The summed E-state index contributed by atoms with van der Waals surface area (Å²) >= 11 is 1.22. The highest BCUT2D eigenvalue weighted by atomic mass is 32.2. The molecule has 0 aliphatic rings. The second kappa shape index (κ2) is 9.91. The minimum absolute atomic E-state index is 0.0173. The molecule has 1 N–H and O–H groups in total. The van der Waals surface area contributed by atoms with E-state index in [0.29, 0.717) is 5.16 Å². The summed E-state index contributed by atoms with van der Waals surface area (Å²) in [5.41, 5.74) is 2.13. The number of amides is 2. The number of carbonyl (C=O) groups excluding carboxylic acids is 2. The second-order valence-electron chi connectivity index (χ2n) is 6.00. The molecule has 140 valence electrons. The number of aryl methyl sites for hydroxylation is 1. The molecule has 2 rings (SSSR count). The molecule has 0 atom stereocenters. The summed E-state index contributed by atoms with van der Waals surface area (Å²) in [5.74, 6) is -0.263. The smallest absolute Gasteiger partial charge is 0.241 e. The molecule has 2 amide bonds. The maximum absolute atomic E-state index is 11.9. The predicted molar refractivity (Wildman–Crippen MR) is 100 cm³/mol. The lowest BCUT2D eigenvalue weighted by Gasteiger charge is -2.10. The van der Waals surface area contributed by atoms with Crippen molar-refractivity contribution in [3.8, 4) is 5.69 Å². The van der Waals surface area contributed by atoms with E-state index in [4.69, 9.17) is 0 Å².